The Morgan fingerprint density at radius 1 is 1.09 bits per heavy atom. The molecule has 1 aromatic carbocycles. The number of carbonyl (C=O) groups is 1. The van der Waals surface area contributed by atoms with E-state index in [1.54, 1.807) is 0 Å². The van der Waals surface area contributed by atoms with E-state index in [2.05, 4.69) is 59.0 Å². The van der Waals surface area contributed by atoms with Gasteiger partial charge in [0.05, 0.1) is 5.92 Å². The first-order valence-corrected chi connectivity index (χ1v) is 13.4. The smallest absolute Gasteiger partial charge is 0.315 e. The Morgan fingerprint density at radius 3 is 2.41 bits per heavy atom. The van der Waals surface area contributed by atoms with Crippen LogP contribution in [0.5, 0.6) is 11.5 Å². The van der Waals surface area contributed by atoms with Gasteiger partial charge in [-0.1, -0.05) is 69.8 Å². The number of aromatic hydroxyl groups is 1. The molecule has 0 radical (unpaired) electrons. The van der Waals surface area contributed by atoms with E-state index in [1.165, 1.54) is 24.0 Å². The lowest BCUT2D eigenvalue weighted by molar-refractivity contribution is -0.138. The number of benzene rings is 1. The molecule has 0 spiro atoms. The van der Waals surface area contributed by atoms with Crippen LogP contribution in [0.15, 0.2) is 35.4 Å². The second-order valence-corrected chi connectivity index (χ2v) is 9.73. The summed E-state index contributed by atoms with van der Waals surface area (Å²) >= 11 is 0. The van der Waals surface area contributed by atoms with Crippen LogP contribution in [0.2, 0.25) is 0 Å². The Balaban J connectivity index is 0.00000133. The number of aryl methyl sites for hydroxylation is 1. The van der Waals surface area contributed by atoms with Crippen molar-refractivity contribution >= 4 is 5.97 Å². The minimum absolute atomic E-state index is 0.106. The molecule has 1 aliphatic heterocycles. The van der Waals surface area contributed by atoms with E-state index in [9.17, 15) is 9.90 Å². The second kappa shape index (κ2) is 17.4. The predicted octanol–water partition coefficient (Wildman–Crippen LogP) is 7.68. The van der Waals surface area contributed by atoms with Crippen molar-refractivity contribution in [3.63, 3.8) is 0 Å². The SMILES string of the molecule is CCCC.CCCCCc1cc(O)c(C/C=C(\C)CCC=C(C)C)c(OC(=O)C2CCNC2)c1. The van der Waals surface area contributed by atoms with Crippen molar-refractivity contribution in [1.82, 2.24) is 5.32 Å². The lowest BCUT2D eigenvalue weighted by atomic mass is 10.00. The average molecular weight is 472 g/mol. The number of hydrogen-bond acceptors (Lipinski definition) is 4. The molecule has 1 heterocycles. The summed E-state index contributed by atoms with van der Waals surface area (Å²) in [6, 6.07) is 3.79. The highest BCUT2D eigenvalue weighted by molar-refractivity contribution is 5.76. The quantitative estimate of drug-likeness (QED) is 0.142. The van der Waals surface area contributed by atoms with Gasteiger partial charge in [-0.3, -0.25) is 4.79 Å². The van der Waals surface area contributed by atoms with E-state index < -0.39 is 0 Å². The molecule has 0 aromatic heterocycles. The number of allylic oxidation sites excluding steroid dienone is 4. The highest BCUT2D eigenvalue weighted by atomic mass is 16.5. The molecule has 0 saturated carbocycles. The largest absolute Gasteiger partial charge is 0.508 e. The molecule has 1 fully saturated rings. The van der Waals surface area contributed by atoms with Crippen LogP contribution >= 0.6 is 0 Å². The second-order valence-electron chi connectivity index (χ2n) is 9.73. The van der Waals surface area contributed by atoms with Gasteiger partial charge in [-0.05, 0) is 83.5 Å². The molecule has 34 heavy (non-hydrogen) atoms. The summed E-state index contributed by atoms with van der Waals surface area (Å²) in [6.07, 6.45) is 14.6. The highest BCUT2D eigenvalue weighted by Crippen LogP contribution is 2.33. The van der Waals surface area contributed by atoms with Crippen LogP contribution in [0.25, 0.3) is 0 Å². The van der Waals surface area contributed by atoms with Gasteiger partial charge in [-0.2, -0.15) is 0 Å². The Kier molecular flexibility index (Phi) is 15.3. The highest BCUT2D eigenvalue weighted by Gasteiger charge is 2.25. The van der Waals surface area contributed by atoms with E-state index in [4.69, 9.17) is 4.74 Å². The fourth-order valence-corrected chi connectivity index (χ4v) is 3.72. The van der Waals surface area contributed by atoms with Gasteiger partial charge in [0, 0.05) is 12.1 Å². The molecular weight excluding hydrogens is 422 g/mol. The van der Waals surface area contributed by atoms with Crippen LogP contribution in [0.4, 0.5) is 0 Å². The van der Waals surface area contributed by atoms with Gasteiger partial charge >= 0.3 is 5.97 Å². The van der Waals surface area contributed by atoms with Crippen molar-refractivity contribution in [1.29, 1.82) is 0 Å². The lowest BCUT2D eigenvalue weighted by Crippen LogP contribution is -2.23. The Labute approximate surface area is 208 Å². The Bertz CT molecular complexity index is 782. The standard InChI is InChI=1S/C26H39NO3.C4H10/c1-5-6-7-11-21-16-24(28)23(13-12-20(4)10-8-9-19(2)3)25(17-21)30-26(29)22-14-15-27-18-22;1-3-4-2/h9,12,16-17,22,27-28H,5-8,10-11,13-15,18H2,1-4H3;3-4H2,1-2H3/b20-12+;. The van der Waals surface area contributed by atoms with Gasteiger partial charge in [0.2, 0.25) is 0 Å². The zero-order valence-corrected chi connectivity index (χ0v) is 22.6. The van der Waals surface area contributed by atoms with E-state index in [0.717, 1.165) is 57.1 Å². The van der Waals surface area contributed by atoms with Gasteiger partial charge in [0.15, 0.2) is 0 Å². The van der Waals surface area contributed by atoms with E-state index in [0.29, 0.717) is 24.3 Å². The molecule has 1 unspecified atom stereocenters. The van der Waals surface area contributed by atoms with Crippen LogP contribution in [0.1, 0.15) is 104 Å². The molecule has 1 saturated heterocycles. The van der Waals surface area contributed by atoms with E-state index >= 15 is 0 Å². The number of hydrogen-bond donors (Lipinski definition) is 2. The van der Waals surface area contributed by atoms with Crippen molar-refractivity contribution in [2.75, 3.05) is 13.1 Å². The van der Waals surface area contributed by atoms with Crippen molar-refractivity contribution < 1.29 is 14.6 Å². The monoisotopic (exact) mass is 471 g/mol. The number of phenols is 1. The zero-order valence-electron chi connectivity index (χ0n) is 22.6. The summed E-state index contributed by atoms with van der Waals surface area (Å²) in [7, 11) is 0. The molecule has 2 N–H and O–H groups in total. The van der Waals surface area contributed by atoms with Crippen LogP contribution in [0, 0.1) is 5.92 Å². The number of esters is 1. The number of ether oxygens (including phenoxy) is 1. The molecule has 1 aliphatic rings. The van der Waals surface area contributed by atoms with Gasteiger partial charge in [0.25, 0.3) is 0 Å². The number of rotatable bonds is 12. The molecular formula is C30H49NO3. The Hall–Kier alpha value is -2.07. The first-order chi connectivity index (χ1) is 16.3. The summed E-state index contributed by atoms with van der Waals surface area (Å²) in [4.78, 5) is 12.6. The molecule has 4 nitrogen and oxygen atoms in total. The number of nitrogens with one attached hydrogen (secondary N) is 1. The molecule has 1 aromatic rings. The topological polar surface area (TPSA) is 58.6 Å². The minimum atomic E-state index is -0.199. The molecule has 0 amide bonds. The maximum atomic E-state index is 12.6. The molecule has 0 bridgehead atoms. The third kappa shape index (κ3) is 11.9. The van der Waals surface area contributed by atoms with Gasteiger partial charge < -0.3 is 15.2 Å². The predicted molar refractivity (Wildman–Crippen MR) is 145 cm³/mol. The maximum absolute atomic E-state index is 12.6. The van der Waals surface area contributed by atoms with Crippen molar-refractivity contribution in [3.05, 3.63) is 46.6 Å². The van der Waals surface area contributed by atoms with Crippen LogP contribution < -0.4 is 10.1 Å². The summed E-state index contributed by atoms with van der Waals surface area (Å²) < 4.78 is 5.82. The molecule has 4 heteroatoms. The average Bonchev–Trinajstić information content (AvgIpc) is 3.34. The molecule has 2 rings (SSSR count). The lowest BCUT2D eigenvalue weighted by Gasteiger charge is -2.15. The molecule has 192 valence electrons. The van der Waals surface area contributed by atoms with Crippen molar-refractivity contribution in [3.8, 4) is 11.5 Å². The normalized spacial score (nSPS) is 15.5. The minimum Gasteiger partial charge on any atom is -0.508 e. The van der Waals surface area contributed by atoms with Gasteiger partial charge in [0.1, 0.15) is 11.5 Å². The maximum Gasteiger partial charge on any atom is 0.315 e. The molecule has 1 atom stereocenters. The summed E-state index contributed by atoms with van der Waals surface area (Å²) in [5.41, 5.74) is 4.34. The van der Waals surface area contributed by atoms with Crippen LogP contribution in [0.3, 0.4) is 0 Å². The van der Waals surface area contributed by atoms with E-state index in [1.807, 2.05) is 12.1 Å². The summed E-state index contributed by atoms with van der Waals surface area (Å²) in [5.74, 6) is 0.442. The zero-order chi connectivity index (χ0) is 25.3. The summed E-state index contributed by atoms with van der Waals surface area (Å²) in [5, 5.41) is 13.9. The van der Waals surface area contributed by atoms with Crippen LogP contribution in [-0.2, 0) is 17.6 Å². The third-order valence-electron chi connectivity index (χ3n) is 6.16. The van der Waals surface area contributed by atoms with Gasteiger partial charge in [-0.15, -0.1) is 0 Å². The van der Waals surface area contributed by atoms with Gasteiger partial charge in [-0.25, -0.2) is 0 Å². The summed E-state index contributed by atoms with van der Waals surface area (Å²) in [6.45, 7) is 14.4. The number of carbonyl (C=O) groups excluding carboxylic acids is 1. The third-order valence-corrected chi connectivity index (χ3v) is 6.16. The fourth-order valence-electron chi connectivity index (χ4n) is 3.72. The van der Waals surface area contributed by atoms with Crippen LogP contribution in [-0.4, -0.2) is 24.2 Å². The van der Waals surface area contributed by atoms with E-state index in [-0.39, 0.29) is 17.6 Å². The number of phenolic OH excluding ortho intramolecular Hbond substituents is 1. The first-order valence-electron chi connectivity index (χ1n) is 13.4. The van der Waals surface area contributed by atoms with Crippen molar-refractivity contribution in [2.45, 2.75) is 106 Å². The van der Waals surface area contributed by atoms with Crippen molar-refractivity contribution in [2.24, 2.45) is 5.92 Å². The molecule has 0 aliphatic carbocycles. The Morgan fingerprint density at radius 2 is 1.82 bits per heavy atom. The fraction of sp³-hybridized carbons (Fsp3) is 0.633. The first kappa shape index (κ1) is 30.0. The number of unbranched alkanes of at least 4 members (excludes halogenated alkanes) is 3.